The lowest BCUT2D eigenvalue weighted by Gasteiger charge is -2.31. The van der Waals surface area contributed by atoms with Gasteiger partial charge in [-0.05, 0) is 75.9 Å². The Kier molecular flexibility index (Phi) is 8.35. The second kappa shape index (κ2) is 10.9. The highest BCUT2D eigenvalue weighted by molar-refractivity contribution is 5.34. The van der Waals surface area contributed by atoms with Crippen molar-refractivity contribution < 1.29 is 45.3 Å². The van der Waals surface area contributed by atoms with E-state index >= 15 is 0 Å². The van der Waals surface area contributed by atoms with Crippen molar-refractivity contribution in [2.24, 2.45) is 0 Å². The average molecular weight is 492 g/mol. The van der Waals surface area contributed by atoms with Crippen LogP contribution in [0.5, 0.6) is 11.5 Å². The van der Waals surface area contributed by atoms with E-state index in [1.165, 1.54) is 6.92 Å². The Labute approximate surface area is 193 Å². The van der Waals surface area contributed by atoms with Gasteiger partial charge in [0.05, 0.1) is 24.4 Å². The Morgan fingerprint density at radius 1 is 0.765 bits per heavy atom. The highest BCUT2D eigenvalue weighted by atomic mass is 19.3. The van der Waals surface area contributed by atoms with Gasteiger partial charge in [0, 0.05) is 6.61 Å². The second-order valence-electron chi connectivity index (χ2n) is 7.80. The van der Waals surface area contributed by atoms with Crippen LogP contribution in [-0.2, 0) is 21.7 Å². The molecule has 1 aliphatic carbocycles. The highest BCUT2D eigenvalue weighted by Crippen LogP contribution is 2.38. The number of alkyl halides is 4. The molecule has 0 unspecified atom stereocenters. The molecular weight excluding hydrogens is 466 g/mol. The van der Waals surface area contributed by atoms with Crippen molar-refractivity contribution in [3.8, 4) is 11.5 Å². The number of halogens is 6. The molecule has 1 aliphatic rings. The first kappa shape index (κ1) is 26.2. The summed E-state index contributed by atoms with van der Waals surface area (Å²) in [6.45, 7) is 3.96. The lowest BCUT2D eigenvalue weighted by Crippen LogP contribution is -2.32. The third-order valence-corrected chi connectivity index (χ3v) is 5.43. The van der Waals surface area contributed by atoms with Gasteiger partial charge in [0.1, 0.15) is 11.3 Å². The van der Waals surface area contributed by atoms with E-state index in [4.69, 9.17) is 14.2 Å². The number of hydrogen-bond donors (Lipinski definition) is 0. The zero-order valence-corrected chi connectivity index (χ0v) is 18.8. The summed E-state index contributed by atoms with van der Waals surface area (Å²) in [7, 11) is 0. The fourth-order valence-corrected chi connectivity index (χ4v) is 3.77. The maximum absolute atomic E-state index is 14.6. The summed E-state index contributed by atoms with van der Waals surface area (Å²) in [4.78, 5) is 0. The van der Waals surface area contributed by atoms with Gasteiger partial charge in [-0.3, -0.25) is 0 Å². The van der Waals surface area contributed by atoms with E-state index in [9.17, 15) is 26.3 Å². The molecule has 0 atom stereocenters. The third-order valence-electron chi connectivity index (χ3n) is 5.43. The predicted molar refractivity (Wildman–Crippen MR) is 111 cm³/mol. The summed E-state index contributed by atoms with van der Waals surface area (Å²) < 4.78 is 106. The van der Waals surface area contributed by atoms with Gasteiger partial charge < -0.3 is 18.9 Å². The topological polar surface area (TPSA) is 36.9 Å². The van der Waals surface area contributed by atoms with Gasteiger partial charge >= 0.3 is 12.2 Å². The van der Waals surface area contributed by atoms with Crippen molar-refractivity contribution in [2.75, 3.05) is 13.2 Å². The van der Waals surface area contributed by atoms with Gasteiger partial charge in [0.15, 0.2) is 11.6 Å². The Bertz CT molecular complexity index is 943. The molecule has 1 fully saturated rings. The first-order valence-corrected chi connectivity index (χ1v) is 11.0. The minimum absolute atomic E-state index is 0.0117. The van der Waals surface area contributed by atoms with Gasteiger partial charge in [-0.1, -0.05) is 0 Å². The summed E-state index contributed by atoms with van der Waals surface area (Å²) >= 11 is 0. The fourth-order valence-electron chi connectivity index (χ4n) is 3.77. The van der Waals surface area contributed by atoms with E-state index in [-0.39, 0.29) is 12.7 Å². The molecule has 0 aliphatic heterocycles. The van der Waals surface area contributed by atoms with Crippen LogP contribution in [-0.4, -0.2) is 25.4 Å². The molecule has 0 N–H and O–H groups in total. The molecule has 34 heavy (non-hydrogen) atoms. The average Bonchev–Trinajstić information content (AvgIpc) is 2.78. The third kappa shape index (κ3) is 6.15. The second-order valence-corrected chi connectivity index (χ2v) is 7.80. The molecule has 10 heteroatoms. The van der Waals surface area contributed by atoms with Crippen LogP contribution in [0.3, 0.4) is 0 Å². The van der Waals surface area contributed by atoms with E-state index in [0.717, 1.165) is 30.3 Å². The quantitative estimate of drug-likeness (QED) is 0.338. The molecule has 0 bridgehead atoms. The molecule has 188 valence electrons. The highest BCUT2D eigenvalue weighted by Gasteiger charge is 2.41. The Hall–Kier alpha value is -2.46. The molecule has 0 saturated heterocycles. The van der Waals surface area contributed by atoms with E-state index in [2.05, 4.69) is 4.74 Å². The molecule has 2 aromatic rings. The number of ether oxygens (including phenoxy) is 4. The van der Waals surface area contributed by atoms with Crippen molar-refractivity contribution in [3.05, 3.63) is 59.2 Å². The van der Waals surface area contributed by atoms with E-state index < -0.39 is 52.6 Å². The first-order valence-electron chi connectivity index (χ1n) is 11.0. The minimum Gasteiger partial charge on any atom is -0.491 e. The summed E-state index contributed by atoms with van der Waals surface area (Å²) in [5.74, 6) is -4.44. The predicted octanol–water partition coefficient (Wildman–Crippen LogP) is 6.91. The molecule has 0 radical (unpaired) electrons. The fraction of sp³-hybridized carbons (Fsp3) is 0.500. The number of hydrogen-bond acceptors (Lipinski definition) is 4. The lowest BCUT2D eigenvalue weighted by atomic mass is 9.95. The number of rotatable bonds is 10. The van der Waals surface area contributed by atoms with Crippen molar-refractivity contribution in [1.82, 2.24) is 0 Å². The first-order chi connectivity index (χ1) is 16.1. The van der Waals surface area contributed by atoms with Gasteiger partial charge in [-0.25, -0.2) is 4.39 Å². The van der Waals surface area contributed by atoms with Gasteiger partial charge in [0.2, 0.25) is 5.82 Å². The van der Waals surface area contributed by atoms with Crippen molar-refractivity contribution in [1.29, 1.82) is 0 Å². The van der Waals surface area contributed by atoms with Crippen LogP contribution in [0, 0.1) is 11.6 Å². The molecule has 2 aromatic carbocycles. The van der Waals surface area contributed by atoms with E-state index in [1.54, 1.807) is 0 Å². The van der Waals surface area contributed by atoms with Gasteiger partial charge in [0.25, 0.3) is 0 Å². The lowest BCUT2D eigenvalue weighted by molar-refractivity contribution is -0.279. The normalized spacial score (nSPS) is 19.2. The zero-order valence-electron chi connectivity index (χ0n) is 18.8. The van der Waals surface area contributed by atoms with Crippen LogP contribution < -0.4 is 9.47 Å². The van der Waals surface area contributed by atoms with Crippen LogP contribution in [0.1, 0.15) is 50.7 Å². The molecule has 0 spiro atoms. The standard InChI is InChI=1S/C24H26F6O4/c1-3-31-16-9-11-18(12-10-16)33-23(27,28)15-5-7-17(8-6-15)34-24(29,30)19-13-14-20(32-4-2)22(26)21(19)25/h5-8,13-14,16,18H,3-4,9-12H2,1-2H3. The zero-order chi connectivity index (χ0) is 24.9. The molecule has 3 rings (SSSR count). The van der Waals surface area contributed by atoms with Crippen LogP contribution in [0.2, 0.25) is 0 Å². The van der Waals surface area contributed by atoms with Crippen molar-refractivity contribution in [3.63, 3.8) is 0 Å². The maximum Gasteiger partial charge on any atom is 0.429 e. The van der Waals surface area contributed by atoms with Crippen LogP contribution in [0.25, 0.3) is 0 Å². The Morgan fingerprint density at radius 3 is 1.97 bits per heavy atom. The molecule has 0 heterocycles. The molecule has 4 nitrogen and oxygen atoms in total. The molecular formula is C24H26F6O4. The smallest absolute Gasteiger partial charge is 0.429 e. The Balaban J connectivity index is 1.66. The van der Waals surface area contributed by atoms with Crippen LogP contribution in [0.15, 0.2) is 36.4 Å². The summed E-state index contributed by atoms with van der Waals surface area (Å²) in [5.41, 5.74) is -1.90. The summed E-state index contributed by atoms with van der Waals surface area (Å²) in [6, 6.07) is 5.03. The van der Waals surface area contributed by atoms with Crippen LogP contribution >= 0.6 is 0 Å². The molecule has 1 saturated carbocycles. The minimum atomic E-state index is -4.27. The maximum atomic E-state index is 14.6. The number of benzene rings is 2. The van der Waals surface area contributed by atoms with Crippen LogP contribution in [0.4, 0.5) is 26.3 Å². The largest absolute Gasteiger partial charge is 0.491 e. The van der Waals surface area contributed by atoms with Crippen molar-refractivity contribution in [2.45, 2.75) is 64.0 Å². The van der Waals surface area contributed by atoms with E-state index in [1.807, 2.05) is 6.92 Å². The van der Waals surface area contributed by atoms with Crippen molar-refractivity contribution >= 4 is 0 Å². The van der Waals surface area contributed by atoms with Gasteiger partial charge in [-0.2, -0.15) is 22.0 Å². The molecule has 0 aromatic heterocycles. The molecule has 0 amide bonds. The monoisotopic (exact) mass is 492 g/mol. The van der Waals surface area contributed by atoms with E-state index in [0.29, 0.717) is 38.4 Å². The van der Waals surface area contributed by atoms with Gasteiger partial charge in [-0.15, -0.1) is 0 Å². The Morgan fingerprint density at radius 2 is 1.38 bits per heavy atom. The SMILES string of the molecule is CCOc1ccc(C(F)(F)Oc2ccc(C(F)(F)OC3CCC(OCC)CC3)cc2)c(F)c1F. The summed E-state index contributed by atoms with van der Waals surface area (Å²) in [6.07, 6.45) is -6.49. The summed E-state index contributed by atoms with van der Waals surface area (Å²) in [5, 5.41) is 0.